The predicted molar refractivity (Wildman–Crippen MR) is 91.7 cm³/mol. The zero-order valence-corrected chi connectivity index (χ0v) is 14.1. The van der Waals surface area contributed by atoms with E-state index in [4.69, 9.17) is 0 Å². The summed E-state index contributed by atoms with van der Waals surface area (Å²) in [6.45, 7) is 5.02. The number of benzene rings is 1. The molecule has 4 heteroatoms. The van der Waals surface area contributed by atoms with Gasteiger partial charge in [-0.2, -0.15) is 0 Å². The van der Waals surface area contributed by atoms with Crippen LogP contribution >= 0.6 is 0 Å². The van der Waals surface area contributed by atoms with Gasteiger partial charge in [-0.1, -0.05) is 19.9 Å². The van der Waals surface area contributed by atoms with Crippen LogP contribution in [0.25, 0.3) is 0 Å². The fourth-order valence-corrected chi connectivity index (χ4v) is 6.52. The Bertz CT molecular complexity index is 751. The van der Waals surface area contributed by atoms with Gasteiger partial charge in [-0.05, 0) is 12.1 Å². The highest BCUT2D eigenvalue weighted by Crippen LogP contribution is 2.84. The van der Waals surface area contributed by atoms with E-state index in [9.17, 15) is 0 Å². The van der Waals surface area contributed by atoms with Gasteiger partial charge in [0.2, 0.25) is 0 Å². The standard InChI is InChI=1S/C19H22N4/c1-18-15-14-12(22-10-8-20(3)16(18)22)6-5-7-13(14)23-11-9-21(4)17(23)19(15,18)2/h5-11,15-17H,1-4H3. The quantitative estimate of drug-likeness (QED) is 0.730. The van der Waals surface area contributed by atoms with E-state index < -0.39 is 0 Å². The van der Waals surface area contributed by atoms with Gasteiger partial charge in [0.15, 0.2) is 0 Å². The third kappa shape index (κ3) is 0.974. The van der Waals surface area contributed by atoms with Crippen LogP contribution in [0.15, 0.2) is 43.0 Å². The van der Waals surface area contributed by atoms with Gasteiger partial charge in [0.05, 0.1) is 0 Å². The Labute approximate surface area is 137 Å². The maximum absolute atomic E-state index is 2.51. The van der Waals surface area contributed by atoms with Crippen LogP contribution in [0.5, 0.6) is 0 Å². The second-order valence-corrected chi connectivity index (χ2v) is 8.20. The van der Waals surface area contributed by atoms with Crippen LogP contribution in [-0.4, -0.2) is 36.2 Å². The first-order chi connectivity index (χ1) is 11.0. The molecule has 6 rings (SSSR count). The lowest BCUT2D eigenvalue weighted by molar-refractivity contribution is 0.149. The van der Waals surface area contributed by atoms with Gasteiger partial charge in [0, 0.05) is 72.6 Å². The number of nitrogens with zero attached hydrogens (tertiary/aromatic N) is 4. The summed E-state index contributed by atoms with van der Waals surface area (Å²) in [5, 5.41) is 0. The average Bonchev–Trinajstić information content (AvgIpc) is 2.89. The molecule has 5 aliphatic rings. The highest BCUT2D eigenvalue weighted by Gasteiger charge is 2.84. The molecule has 0 amide bonds. The van der Waals surface area contributed by atoms with E-state index in [2.05, 4.69) is 90.5 Å². The summed E-state index contributed by atoms with van der Waals surface area (Å²) in [6.07, 6.45) is 9.86. The molecule has 0 saturated heterocycles. The van der Waals surface area contributed by atoms with Crippen LogP contribution in [0.4, 0.5) is 11.4 Å². The Morgan fingerprint density at radius 1 is 0.783 bits per heavy atom. The molecule has 0 radical (unpaired) electrons. The van der Waals surface area contributed by atoms with E-state index in [-0.39, 0.29) is 10.8 Å². The summed E-state index contributed by atoms with van der Waals surface area (Å²) in [5.41, 5.74) is 4.88. The second kappa shape index (κ2) is 3.23. The molecule has 1 saturated carbocycles. The average molecular weight is 306 g/mol. The van der Waals surface area contributed by atoms with E-state index in [1.54, 1.807) is 5.56 Å². The lowest BCUT2D eigenvalue weighted by atomic mass is 9.88. The maximum Gasteiger partial charge on any atom is 0.112 e. The van der Waals surface area contributed by atoms with Crippen molar-refractivity contribution in [2.75, 3.05) is 23.9 Å². The minimum Gasteiger partial charge on any atom is -0.358 e. The molecule has 0 aromatic heterocycles. The normalized spacial score (nSPS) is 43.7. The largest absolute Gasteiger partial charge is 0.358 e. The van der Waals surface area contributed by atoms with Gasteiger partial charge < -0.3 is 19.6 Å². The lowest BCUT2D eigenvalue weighted by Crippen LogP contribution is -2.50. The van der Waals surface area contributed by atoms with Gasteiger partial charge >= 0.3 is 0 Å². The van der Waals surface area contributed by atoms with Crippen LogP contribution < -0.4 is 9.80 Å². The van der Waals surface area contributed by atoms with Crippen LogP contribution in [-0.2, 0) is 0 Å². The third-order valence-corrected chi connectivity index (χ3v) is 7.48. The summed E-state index contributed by atoms with van der Waals surface area (Å²) < 4.78 is 0. The van der Waals surface area contributed by atoms with Crippen molar-refractivity contribution in [3.63, 3.8) is 0 Å². The van der Waals surface area contributed by atoms with E-state index in [0.717, 1.165) is 0 Å². The molecule has 1 aromatic carbocycles. The molecule has 0 N–H and O–H groups in total. The molecule has 0 bridgehead atoms. The molecule has 23 heavy (non-hydrogen) atoms. The van der Waals surface area contributed by atoms with Crippen molar-refractivity contribution in [2.45, 2.75) is 32.1 Å². The van der Waals surface area contributed by atoms with Crippen LogP contribution in [0.3, 0.4) is 0 Å². The van der Waals surface area contributed by atoms with E-state index in [0.29, 0.717) is 18.2 Å². The minimum absolute atomic E-state index is 0.258. The highest BCUT2D eigenvalue weighted by atomic mass is 15.5. The molecule has 118 valence electrons. The minimum atomic E-state index is 0.258. The molecule has 1 fully saturated rings. The summed E-state index contributed by atoms with van der Waals surface area (Å²) in [4.78, 5) is 9.83. The fourth-order valence-electron chi connectivity index (χ4n) is 6.52. The molecule has 1 aromatic rings. The van der Waals surface area contributed by atoms with Gasteiger partial charge in [-0.3, -0.25) is 0 Å². The topological polar surface area (TPSA) is 13.0 Å². The molecule has 4 aliphatic heterocycles. The first-order valence-electron chi connectivity index (χ1n) is 8.51. The number of anilines is 2. The van der Waals surface area contributed by atoms with Crippen molar-refractivity contribution in [1.82, 2.24) is 9.80 Å². The van der Waals surface area contributed by atoms with Crippen molar-refractivity contribution < 1.29 is 0 Å². The van der Waals surface area contributed by atoms with Crippen molar-refractivity contribution in [3.05, 3.63) is 48.6 Å². The number of hydrogen-bond acceptors (Lipinski definition) is 4. The first-order valence-corrected chi connectivity index (χ1v) is 8.51. The molecule has 4 nitrogen and oxygen atoms in total. The van der Waals surface area contributed by atoms with Crippen molar-refractivity contribution in [1.29, 1.82) is 0 Å². The maximum atomic E-state index is 2.51. The molecule has 0 spiro atoms. The number of hydrogen-bond donors (Lipinski definition) is 0. The number of rotatable bonds is 0. The highest BCUT2D eigenvalue weighted by molar-refractivity contribution is 5.80. The zero-order valence-electron chi connectivity index (χ0n) is 14.1. The molecule has 1 aliphatic carbocycles. The Morgan fingerprint density at radius 3 is 1.74 bits per heavy atom. The third-order valence-electron chi connectivity index (χ3n) is 7.48. The Morgan fingerprint density at radius 2 is 1.26 bits per heavy atom. The van der Waals surface area contributed by atoms with E-state index >= 15 is 0 Å². The first kappa shape index (κ1) is 12.3. The van der Waals surface area contributed by atoms with Gasteiger partial charge in [-0.25, -0.2) is 0 Å². The molecular weight excluding hydrogens is 284 g/mol. The molecule has 4 heterocycles. The summed E-state index contributed by atoms with van der Waals surface area (Å²) in [5.74, 6) is 0.633. The summed E-state index contributed by atoms with van der Waals surface area (Å²) >= 11 is 0. The van der Waals surface area contributed by atoms with Gasteiger partial charge in [-0.15, -0.1) is 0 Å². The van der Waals surface area contributed by atoms with Crippen LogP contribution in [0.1, 0.15) is 25.3 Å². The van der Waals surface area contributed by atoms with E-state index in [1.807, 2.05) is 0 Å². The molecular formula is C19H22N4. The summed E-state index contributed by atoms with van der Waals surface area (Å²) in [6, 6.07) is 6.82. The SMILES string of the molecule is CN1C=CN2c3cccc4c3C3C(C)(C12)C3(C)C1N(C)C=CN41. The Balaban J connectivity index is 1.70. The fraction of sp³-hybridized carbons (Fsp3) is 0.474. The number of fused-ring (bicyclic) bond motifs is 7. The smallest absolute Gasteiger partial charge is 0.112 e. The van der Waals surface area contributed by atoms with Crippen LogP contribution in [0.2, 0.25) is 0 Å². The second-order valence-electron chi connectivity index (χ2n) is 8.20. The lowest BCUT2D eigenvalue weighted by Gasteiger charge is -2.41. The van der Waals surface area contributed by atoms with E-state index in [1.165, 1.54) is 11.4 Å². The van der Waals surface area contributed by atoms with Crippen LogP contribution in [0, 0.1) is 10.8 Å². The Kier molecular flexibility index (Phi) is 1.73. The van der Waals surface area contributed by atoms with Crippen molar-refractivity contribution in [3.8, 4) is 0 Å². The predicted octanol–water partition coefficient (Wildman–Crippen LogP) is 2.92. The zero-order chi connectivity index (χ0) is 15.7. The van der Waals surface area contributed by atoms with Crippen molar-refractivity contribution in [2.24, 2.45) is 10.8 Å². The summed E-state index contributed by atoms with van der Waals surface area (Å²) in [7, 11) is 4.45. The molecule has 4 atom stereocenters. The van der Waals surface area contributed by atoms with Gasteiger partial charge in [0.1, 0.15) is 12.3 Å². The van der Waals surface area contributed by atoms with Crippen molar-refractivity contribution >= 4 is 11.4 Å². The molecule has 4 unspecified atom stereocenters. The Hall–Kier alpha value is -2.10. The van der Waals surface area contributed by atoms with Gasteiger partial charge in [0.25, 0.3) is 0 Å². The monoisotopic (exact) mass is 306 g/mol.